The zero-order chi connectivity index (χ0) is 29.0. The molecule has 3 heterocycles. The van der Waals surface area contributed by atoms with Crippen molar-refractivity contribution in [2.24, 2.45) is 5.92 Å². The van der Waals surface area contributed by atoms with Gasteiger partial charge in [-0.25, -0.2) is 9.36 Å². The van der Waals surface area contributed by atoms with Crippen LogP contribution in [-0.4, -0.2) is 72.9 Å². The number of aromatic nitrogens is 3. The number of hydrogen-bond donors (Lipinski definition) is 1. The van der Waals surface area contributed by atoms with Gasteiger partial charge in [0.05, 0.1) is 18.2 Å². The van der Waals surface area contributed by atoms with Crippen molar-refractivity contribution >= 4 is 21.1 Å². The SMILES string of the molecule is CS(=O)(=O)OCC(F)(F)F.O=c1ccn(-c2noc3ccc(CC4CCN(CC(F)(F)F)CC4)cc23)c(=O)[nH]1. The third kappa shape index (κ3) is 9.81. The Morgan fingerprint density at radius 2 is 1.74 bits per heavy atom. The lowest BCUT2D eigenvalue weighted by molar-refractivity contribution is -0.152. The molecule has 17 heteroatoms. The lowest BCUT2D eigenvalue weighted by Crippen LogP contribution is -2.40. The van der Waals surface area contributed by atoms with E-state index in [4.69, 9.17) is 4.52 Å². The van der Waals surface area contributed by atoms with Crippen molar-refractivity contribution in [2.45, 2.75) is 31.6 Å². The highest BCUT2D eigenvalue weighted by molar-refractivity contribution is 7.85. The molecular formula is C22H24F6N4O6S. The van der Waals surface area contributed by atoms with Crippen molar-refractivity contribution in [3.63, 3.8) is 0 Å². The normalized spacial score (nSPS) is 15.8. The number of benzene rings is 1. The average Bonchev–Trinajstić information content (AvgIpc) is 3.21. The van der Waals surface area contributed by atoms with Gasteiger partial charge in [0.25, 0.3) is 15.7 Å². The number of H-pyrrole nitrogens is 1. The maximum absolute atomic E-state index is 12.5. The minimum Gasteiger partial charge on any atom is -0.354 e. The molecule has 0 radical (unpaired) electrons. The van der Waals surface area contributed by atoms with Crippen LogP contribution in [0.15, 0.2) is 44.6 Å². The number of nitrogens with zero attached hydrogens (tertiary/aromatic N) is 3. The van der Waals surface area contributed by atoms with Gasteiger partial charge in [0.2, 0.25) is 0 Å². The zero-order valence-electron chi connectivity index (χ0n) is 20.4. The number of rotatable bonds is 6. The van der Waals surface area contributed by atoms with Gasteiger partial charge in [-0.1, -0.05) is 11.2 Å². The number of likely N-dealkylation sites (tertiary alicyclic amines) is 1. The van der Waals surface area contributed by atoms with E-state index in [1.807, 2.05) is 12.1 Å². The summed E-state index contributed by atoms with van der Waals surface area (Å²) in [6.07, 6.45) is -4.75. The van der Waals surface area contributed by atoms with Gasteiger partial charge in [0.1, 0.15) is 0 Å². The summed E-state index contributed by atoms with van der Waals surface area (Å²) in [4.78, 5) is 26.9. The number of piperidine rings is 1. The van der Waals surface area contributed by atoms with Gasteiger partial charge in [-0.15, -0.1) is 0 Å². The average molecular weight is 587 g/mol. The molecule has 0 spiro atoms. The highest BCUT2D eigenvalue weighted by atomic mass is 32.2. The zero-order valence-corrected chi connectivity index (χ0v) is 21.2. The summed E-state index contributed by atoms with van der Waals surface area (Å²) in [5, 5.41) is 4.57. The first kappa shape index (κ1) is 30.4. The van der Waals surface area contributed by atoms with Gasteiger partial charge in [-0.2, -0.15) is 34.8 Å². The molecule has 1 aromatic carbocycles. The van der Waals surface area contributed by atoms with E-state index in [1.165, 1.54) is 21.7 Å². The van der Waals surface area contributed by atoms with E-state index in [0.29, 0.717) is 43.2 Å². The van der Waals surface area contributed by atoms with Crippen molar-refractivity contribution in [1.29, 1.82) is 0 Å². The van der Waals surface area contributed by atoms with Crippen molar-refractivity contribution in [1.82, 2.24) is 19.6 Å². The van der Waals surface area contributed by atoms with Crippen LogP contribution in [0.25, 0.3) is 16.8 Å². The minimum atomic E-state index is -4.59. The molecule has 0 saturated carbocycles. The summed E-state index contributed by atoms with van der Waals surface area (Å²) in [6, 6.07) is 6.76. The second kappa shape index (κ2) is 11.9. The largest absolute Gasteiger partial charge is 0.413 e. The molecule has 2 aromatic heterocycles. The van der Waals surface area contributed by atoms with Crippen LogP contribution >= 0.6 is 0 Å². The summed E-state index contributed by atoms with van der Waals surface area (Å²) in [5.41, 5.74) is 0.377. The molecule has 0 bridgehead atoms. The molecule has 1 aliphatic rings. The Bertz CT molecular complexity index is 1490. The smallest absolute Gasteiger partial charge is 0.354 e. The summed E-state index contributed by atoms with van der Waals surface area (Å²) >= 11 is 0. The van der Waals surface area contributed by atoms with Crippen molar-refractivity contribution in [3.8, 4) is 5.82 Å². The van der Waals surface area contributed by atoms with Crippen LogP contribution in [0.5, 0.6) is 0 Å². The number of nitrogens with one attached hydrogen (secondary N) is 1. The molecule has 0 aliphatic carbocycles. The second-order valence-electron chi connectivity index (χ2n) is 8.94. The number of hydrogen-bond acceptors (Lipinski definition) is 8. The quantitative estimate of drug-likeness (QED) is 0.345. The van der Waals surface area contributed by atoms with Gasteiger partial charge in [-0.05, 0) is 56.0 Å². The molecule has 1 fully saturated rings. The van der Waals surface area contributed by atoms with Crippen molar-refractivity contribution in [2.75, 3.05) is 32.5 Å². The van der Waals surface area contributed by atoms with E-state index in [-0.39, 0.29) is 11.7 Å². The molecule has 1 N–H and O–H groups in total. The lowest BCUT2D eigenvalue weighted by atomic mass is 9.90. The molecule has 0 atom stereocenters. The molecule has 1 saturated heterocycles. The van der Waals surface area contributed by atoms with Gasteiger partial charge in [0.15, 0.2) is 18.0 Å². The van der Waals surface area contributed by atoms with E-state index >= 15 is 0 Å². The monoisotopic (exact) mass is 586 g/mol. The van der Waals surface area contributed by atoms with Crippen LogP contribution in [0.4, 0.5) is 26.3 Å². The molecule has 4 rings (SSSR count). The van der Waals surface area contributed by atoms with Crippen LogP contribution in [0, 0.1) is 5.92 Å². The number of aromatic amines is 1. The predicted octanol–water partition coefficient (Wildman–Crippen LogP) is 3.01. The molecular weight excluding hydrogens is 562 g/mol. The molecule has 3 aromatic rings. The van der Waals surface area contributed by atoms with E-state index in [9.17, 15) is 44.3 Å². The van der Waals surface area contributed by atoms with Gasteiger partial charge in [0, 0.05) is 12.3 Å². The molecule has 0 amide bonds. The highest BCUT2D eigenvalue weighted by Crippen LogP contribution is 2.28. The Morgan fingerprint density at radius 3 is 2.28 bits per heavy atom. The number of alkyl halides is 6. The third-order valence-electron chi connectivity index (χ3n) is 5.64. The Morgan fingerprint density at radius 1 is 1.08 bits per heavy atom. The molecule has 216 valence electrons. The topological polar surface area (TPSA) is 128 Å². The fourth-order valence-electron chi connectivity index (χ4n) is 3.97. The van der Waals surface area contributed by atoms with Crippen LogP contribution in [-0.2, 0) is 20.7 Å². The van der Waals surface area contributed by atoms with Crippen LogP contribution in [0.1, 0.15) is 18.4 Å². The van der Waals surface area contributed by atoms with Crippen LogP contribution < -0.4 is 11.2 Å². The Kier molecular flexibility index (Phi) is 9.27. The molecule has 1 aliphatic heterocycles. The van der Waals surface area contributed by atoms with Crippen molar-refractivity contribution in [3.05, 3.63) is 56.9 Å². The van der Waals surface area contributed by atoms with E-state index in [2.05, 4.69) is 14.3 Å². The van der Waals surface area contributed by atoms with Crippen LogP contribution in [0.3, 0.4) is 0 Å². The Hall–Kier alpha value is -3.18. The van der Waals surface area contributed by atoms with Crippen LogP contribution in [0.2, 0.25) is 0 Å². The van der Waals surface area contributed by atoms with E-state index in [0.717, 1.165) is 12.0 Å². The van der Waals surface area contributed by atoms with Crippen molar-refractivity contribution < 1.29 is 43.5 Å². The number of halogens is 6. The molecule has 10 nitrogen and oxygen atoms in total. The lowest BCUT2D eigenvalue weighted by Gasteiger charge is -2.32. The second-order valence-corrected chi connectivity index (χ2v) is 10.6. The summed E-state index contributed by atoms with van der Waals surface area (Å²) < 4.78 is 101. The fraction of sp³-hybridized carbons (Fsp3) is 0.500. The van der Waals surface area contributed by atoms with E-state index < -0.39 is 46.9 Å². The number of fused-ring (bicyclic) bond motifs is 1. The summed E-state index contributed by atoms with van der Waals surface area (Å²) in [7, 11) is -3.98. The first-order valence-corrected chi connectivity index (χ1v) is 13.2. The highest BCUT2D eigenvalue weighted by Gasteiger charge is 2.32. The first-order chi connectivity index (χ1) is 18.0. The Balaban J connectivity index is 0.000000360. The maximum atomic E-state index is 12.5. The minimum absolute atomic E-state index is 0.281. The first-order valence-electron chi connectivity index (χ1n) is 11.4. The fourth-order valence-corrected chi connectivity index (χ4v) is 4.31. The van der Waals surface area contributed by atoms with Gasteiger partial charge >= 0.3 is 18.0 Å². The summed E-state index contributed by atoms with van der Waals surface area (Å²) in [5.74, 6) is 0.569. The molecule has 0 unspecified atom stereocenters. The van der Waals surface area contributed by atoms with Gasteiger partial charge < -0.3 is 4.52 Å². The maximum Gasteiger partial charge on any atom is 0.413 e. The predicted molar refractivity (Wildman–Crippen MR) is 126 cm³/mol. The molecule has 39 heavy (non-hydrogen) atoms. The third-order valence-corrected chi connectivity index (χ3v) is 6.18. The summed E-state index contributed by atoms with van der Waals surface area (Å²) in [6.45, 7) is -1.76. The standard InChI is InChI=1S/C19H19F3N4O3.C3H5F3O3S/c20-19(21,22)11-25-6-3-12(4-7-25)9-13-1-2-15-14(10-13)17(24-29-15)26-8-5-16(27)23-18(26)28;1-10(7,8)9-2-3(4,5)6/h1-2,5,8,10,12H,3-4,6-7,9,11H2,(H,23,27,28);2H2,1H3. The van der Waals surface area contributed by atoms with E-state index in [1.54, 1.807) is 6.07 Å². The van der Waals surface area contributed by atoms with Gasteiger partial charge in [-0.3, -0.25) is 18.9 Å². The Labute approximate surface area is 217 Å².